The molecular formula is C20H26ClN3O. The van der Waals surface area contributed by atoms with Crippen LogP contribution < -0.4 is 15.4 Å². The van der Waals surface area contributed by atoms with E-state index in [0.29, 0.717) is 6.61 Å². The Morgan fingerprint density at radius 3 is 2.60 bits per heavy atom. The summed E-state index contributed by atoms with van der Waals surface area (Å²) in [5, 5.41) is 7.63. The molecule has 0 saturated carbocycles. The van der Waals surface area contributed by atoms with Crippen LogP contribution in [0.5, 0.6) is 5.75 Å². The zero-order valence-corrected chi connectivity index (χ0v) is 15.3. The highest BCUT2D eigenvalue weighted by Gasteiger charge is 2.08. The molecule has 1 heterocycles. The number of ether oxygens (including phenoxy) is 1. The summed E-state index contributed by atoms with van der Waals surface area (Å²) in [7, 11) is 0. The average molecular weight is 360 g/mol. The fourth-order valence-electron chi connectivity index (χ4n) is 2.90. The number of halogens is 1. The Bertz CT molecular complexity index is 642. The van der Waals surface area contributed by atoms with Gasteiger partial charge in [0.15, 0.2) is 0 Å². The second-order valence-corrected chi connectivity index (χ2v) is 6.77. The van der Waals surface area contributed by atoms with Crippen LogP contribution >= 0.6 is 11.6 Å². The van der Waals surface area contributed by atoms with Crippen molar-refractivity contribution in [3.05, 3.63) is 64.7 Å². The van der Waals surface area contributed by atoms with Crippen LogP contribution in [-0.2, 0) is 13.2 Å². The minimum atomic E-state index is 0.531. The third-order valence-corrected chi connectivity index (χ3v) is 4.60. The molecule has 0 amide bonds. The zero-order chi connectivity index (χ0) is 17.3. The van der Waals surface area contributed by atoms with Crippen LogP contribution in [0.2, 0.25) is 5.02 Å². The Hall–Kier alpha value is -1.59. The lowest BCUT2D eigenvalue weighted by molar-refractivity contribution is 0.241. The van der Waals surface area contributed by atoms with Crippen molar-refractivity contribution in [1.29, 1.82) is 0 Å². The quantitative estimate of drug-likeness (QED) is 0.710. The molecule has 2 N–H and O–H groups in total. The van der Waals surface area contributed by atoms with Crippen molar-refractivity contribution in [2.75, 3.05) is 39.3 Å². The lowest BCUT2D eigenvalue weighted by atomic mass is 10.2. The molecule has 0 unspecified atom stereocenters. The molecule has 1 aliphatic heterocycles. The summed E-state index contributed by atoms with van der Waals surface area (Å²) in [6, 6.07) is 16.0. The Labute approximate surface area is 155 Å². The monoisotopic (exact) mass is 359 g/mol. The first-order chi connectivity index (χ1) is 12.3. The van der Waals surface area contributed by atoms with Gasteiger partial charge in [0.1, 0.15) is 12.4 Å². The predicted molar refractivity (Wildman–Crippen MR) is 103 cm³/mol. The van der Waals surface area contributed by atoms with Crippen molar-refractivity contribution in [2.24, 2.45) is 0 Å². The molecule has 0 aliphatic carbocycles. The van der Waals surface area contributed by atoms with E-state index in [9.17, 15) is 0 Å². The Kier molecular flexibility index (Phi) is 7.12. The fraction of sp³-hybridized carbons (Fsp3) is 0.400. The molecule has 25 heavy (non-hydrogen) atoms. The Balaban J connectivity index is 1.36. The first kappa shape index (κ1) is 18.2. The van der Waals surface area contributed by atoms with E-state index in [1.807, 2.05) is 36.4 Å². The summed E-state index contributed by atoms with van der Waals surface area (Å²) in [5.74, 6) is 0.879. The molecule has 2 aromatic carbocycles. The number of nitrogens with one attached hydrogen (secondary N) is 2. The van der Waals surface area contributed by atoms with E-state index in [4.69, 9.17) is 16.3 Å². The number of hydrogen-bond donors (Lipinski definition) is 2. The van der Waals surface area contributed by atoms with Gasteiger partial charge in [-0.25, -0.2) is 0 Å². The molecule has 134 valence electrons. The summed E-state index contributed by atoms with van der Waals surface area (Å²) in [6.45, 7) is 8.08. The van der Waals surface area contributed by atoms with E-state index in [2.05, 4.69) is 27.7 Å². The first-order valence-corrected chi connectivity index (χ1v) is 9.27. The van der Waals surface area contributed by atoms with Crippen LogP contribution in [0.15, 0.2) is 48.5 Å². The molecule has 0 bridgehead atoms. The average Bonchev–Trinajstić information content (AvgIpc) is 2.65. The van der Waals surface area contributed by atoms with Gasteiger partial charge in [0.25, 0.3) is 0 Å². The topological polar surface area (TPSA) is 36.5 Å². The second-order valence-electron chi connectivity index (χ2n) is 6.33. The van der Waals surface area contributed by atoms with Gasteiger partial charge in [0.05, 0.1) is 0 Å². The largest absolute Gasteiger partial charge is 0.489 e. The number of rotatable bonds is 8. The molecule has 1 saturated heterocycles. The number of benzene rings is 2. The number of nitrogens with zero attached hydrogens (tertiary/aromatic N) is 1. The fourth-order valence-corrected chi connectivity index (χ4v) is 3.11. The van der Waals surface area contributed by atoms with E-state index in [1.165, 1.54) is 5.56 Å². The minimum absolute atomic E-state index is 0.531. The summed E-state index contributed by atoms with van der Waals surface area (Å²) < 4.78 is 5.82. The number of piperazine rings is 1. The molecule has 1 fully saturated rings. The van der Waals surface area contributed by atoms with E-state index in [0.717, 1.165) is 62.1 Å². The van der Waals surface area contributed by atoms with Crippen molar-refractivity contribution >= 4 is 11.6 Å². The highest BCUT2D eigenvalue weighted by atomic mass is 35.5. The Morgan fingerprint density at radius 1 is 1.04 bits per heavy atom. The SMILES string of the molecule is Clc1cccc(COc2ccc(CNCCN3CCNCC3)cc2)c1. The third-order valence-electron chi connectivity index (χ3n) is 4.36. The van der Waals surface area contributed by atoms with E-state index in [1.54, 1.807) is 0 Å². The normalized spacial score (nSPS) is 15.2. The molecule has 0 radical (unpaired) electrons. The second kappa shape index (κ2) is 9.78. The molecule has 0 aromatic heterocycles. The van der Waals surface area contributed by atoms with Gasteiger partial charge in [0, 0.05) is 50.8 Å². The Morgan fingerprint density at radius 2 is 1.84 bits per heavy atom. The van der Waals surface area contributed by atoms with Gasteiger partial charge in [-0.15, -0.1) is 0 Å². The van der Waals surface area contributed by atoms with E-state index in [-0.39, 0.29) is 0 Å². The molecule has 0 atom stereocenters. The van der Waals surface area contributed by atoms with Gasteiger partial charge in [-0.3, -0.25) is 4.90 Å². The van der Waals surface area contributed by atoms with Crippen molar-refractivity contribution in [2.45, 2.75) is 13.2 Å². The van der Waals surface area contributed by atoms with Gasteiger partial charge in [-0.2, -0.15) is 0 Å². The van der Waals surface area contributed by atoms with E-state index < -0.39 is 0 Å². The van der Waals surface area contributed by atoms with Gasteiger partial charge >= 0.3 is 0 Å². The minimum Gasteiger partial charge on any atom is -0.489 e. The highest BCUT2D eigenvalue weighted by Crippen LogP contribution is 2.16. The molecule has 1 aliphatic rings. The van der Waals surface area contributed by atoms with Crippen LogP contribution in [0.4, 0.5) is 0 Å². The van der Waals surface area contributed by atoms with Crippen molar-refractivity contribution in [3.63, 3.8) is 0 Å². The lowest BCUT2D eigenvalue weighted by Gasteiger charge is -2.27. The maximum Gasteiger partial charge on any atom is 0.119 e. The maximum absolute atomic E-state index is 5.99. The summed E-state index contributed by atoms with van der Waals surface area (Å²) >= 11 is 5.99. The number of hydrogen-bond acceptors (Lipinski definition) is 4. The lowest BCUT2D eigenvalue weighted by Crippen LogP contribution is -2.45. The van der Waals surface area contributed by atoms with Crippen LogP contribution in [0.25, 0.3) is 0 Å². The maximum atomic E-state index is 5.99. The smallest absolute Gasteiger partial charge is 0.119 e. The summed E-state index contributed by atoms with van der Waals surface area (Å²) in [5.41, 5.74) is 2.35. The van der Waals surface area contributed by atoms with Crippen LogP contribution in [0.1, 0.15) is 11.1 Å². The molecule has 3 rings (SSSR count). The van der Waals surface area contributed by atoms with Crippen LogP contribution in [0, 0.1) is 0 Å². The van der Waals surface area contributed by atoms with Gasteiger partial charge < -0.3 is 15.4 Å². The van der Waals surface area contributed by atoms with Crippen molar-refractivity contribution in [1.82, 2.24) is 15.5 Å². The molecule has 0 spiro atoms. The third kappa shape index (κ3) is 6.33. The van der Waals surface area contributed by atoms with Crippen molar-refractivity contribution < 1.29 is 4.74 Å². The predicted octanol–water partition coefficient (Wildman–Crippen LogP) is 2.91. The van der Waals surface area contributed by atoms with Gasteiger partial charge in [-0.1, -0.05) is 35.9 Å². The molecule has 2 aromatic rings. The zero-order valence-electron chi connectivity index (χ0n) is 14.5. The molecule has 4 nitrogen and oxygen atoms in total. The van der Waals surface area contributed by atoms with Crippen LogP contribution in [-0.4, -0.2) is 44.2 Å². The van der Waals surface area contributed by atoms with Crippen LogP contribution in [0.3, 0.4) is 0 Å². The first-order valence-electron chi connectivity index (χ1n) is 8.89. The molecule has 5 heteroatoms. The molecular weight excluding hydrogens is 334 g/mol. The standard InChI is InChI=1S/C20H26ClN3O/c21-19-3-1-2-18(14-19)16-25-20-6-4-17(5-7-20)15-23-10-13-24-11-8-22-9-12-24/h1-7,14,22-23H,8-13,15-16H2. The van der Waals surface area contributed by atoms with Gasteiger partial charge in [0.2, 0.25) is 0 Å². The highest BCUT2D eigenvalue weighted by molar-refractivity contribution is 6.30. The van der Waals surface area contributed by atoms with Gasteiger partial charge in [-0.05, 0) is 35.4 Å². The summed E-state index contributed by atoms with van der Waals surface area (Å²) in [4.78, 5) is 2.50. The van der Waals surface area contributed by atoms with E-state index >= 15 is 0 Å². The van der Waals surface area contributed by atoms with Crippen molar-refractivity contribution in [3.8, 4) is 5.75 Å². The summed E-state index contributed by atoms with van der Waals surface area (Å²) in [6.07, 6.45) is 0.